The molecule has 3 rings (SSSR count). The first kappa shape index (κ1) is 17.9. The molecule has 0 radical (unpaired) electrons. The number of benzene rings is 1. The maximum Gasteiger partial charge on any atom is 0.259 e. The minimum atomic E-state index is -0.0485. The lowest BCUT2D eigenvalue weighted by Crippen LogP contribution is -2.44. The number of pyridine rings is 1. The summed E-state index contributed by atoms with van der Waals surface area (Å²) in [6, 6.07) is 11.3. The van der Waals surface area contributed by atoms with Gasteiger partial charge in [0.05, 0.1) is 0 Å². The van der Waals surface area contributed by atoms with E-state index in [4.69, 9.17) is 4.74 Å². The van der Waals surface area contributed by atoms with Crippen LogP contribution in [0.3, 0.4) is 0 Å². The number of hydrogen-bond acceptors (Lipinski definition) is 4. The van der Waals surface area contributed by atoms with E-state index >= 15 is 0 Å². The summed E-state index contributed by atoms with van der Waals surface area (Å²) in [6.45, 7) is 2.02. The third kappa shape index (κ3) is 4.38. The molecular weight excluding hydrogens is 382 g/mol. The van der Waals surface area contributed by atoms with Crippen LogP contribution in [-0.2, 0) is 0 Å². The molecule has 5 nitrogen and oxygen atoms in total. The maximum absolute atomic E-state index is 13.0. The Morgan fingerprint density at radius 3 is 2.76 bits per heavy atom. The van der Waals surface area contributed by atoms with Crippen LogP contribution in [0.4, 0.5) is 0 Å². The number of likely N-dealkylation sites (tertiary alicyclic amines) is 1. The van der Waals surface area contributed by atoms with Gasteiger partial charge in [-0.15, -0.1) is 0 Å². The molecule has 1 aliphatic rings. The number of amides is 1. The molecule has 132 valence electrons. The van der Waals surface area contributed by atoms with Gasteiger partial charge in [0.25, 0.3) is 5.91 Å². The minimum Gasteiger partial charge on any atom is -0.438 e. The largest absolute Gasteiger partial charge is 0.438 e. The van der Waals surface area contributed by atoms with Crippen molar-refractivity contribution in [1.29, 1.82) is 0 Å². The molecule has 2 heterocycles. The number of carbonyl (C=O) groups is 1. The van der Waals surface area contributed by atoms with Crippen LogP contribution < -0.4 is 4.74 Å². The average molecular weight is 404 g/mol. The van der Waals surface area contributed by atoms with Gasteiger partial charge < -0.3 is 14.5 Å². The molecule has 1 aromatic heterocycles. The third-order valence-electron chi connectivity index (χ3n) is 4.57. The summed E-state index contributed by atoms with van der Waals surface area (Å²) < 4.78 is 6.78. The first-order valence-electron chi connectivity index (χ1n) is 8.39. The van der Waals surface area contributed by atoms with Crippen LogP contribution in [0.15, 0.2) is 47.1 Å². The summed E-state index contributed by atoms with van der Waals surface area (Å²) in [5.41, 5.74) is 0.490. The Morgan fingerprint density at radius 2 is 2.04 bits per heavy atom. The van der Waals surface area contributed by atoms with Crippen LogP contribution in [0.2, 0.25) is 0 Å². The summed E-state index contributed by atoms with van der Waals surface area (Å²) in [6.07, 6.45) is 3.61. The molecule has 2 aromatic rings. The Bertz CT molecular complexity index is 745. The van der Waals surface area contributed by atoms with Crippen molar-refractivity contribution in [3.63, 3.8) is 0 Å². The van der Waals surface area contributed by atoms with Gasteiger partial charge in [0, 0.05) is 23.8 Å². The van der Waals surface area contributed by atoms with Crippen LogP contribution in [0.5, 0.6) is 11.6 Å². The highest BCUT2D eigenvalue weighted by Crippen LogP contribution is 2.27. The molecule has 0 unspecified atom stereocenters. The SMILES string of the molecule is CN1CCC(N(C)C(=O)c2cccnc2Oc2cccc(Br)c2)CC1. The van der Waals surface area contributed by atoms with Crippen LogP contribution >= 0.6 is 15.9 Å². The van der Waals surface area contributed by atoms with Gasteiger partial charge in [0.2, 0.25) is 5.88 Å². The lowest BCUT2D eigenvalue weighted by Gasteiger charge is -2.35. The predicted octanol–water partition coefficient (Wildman–Crippen LogP) is 3.80. The second-order valence-corrected chi connectivity index (χ2v) is 7.28. The normalized spacial score (nSPS) is 15.8. The quantitative estimate of drug-likeness (QED) is 0.778. The van der Waals surface area contributed by atoms with Crippen LogP contribution in [-0.4, -0.2) is 53.9 Å². The highest BCUT2D eigenvalue weighted by molar-refractivity contribution is 9.10. The number of halogens is 1. The van der Waals surface area contributed by atoms with Crippen molar-refractivity contribution in [3.05, 3.63) is 52.6 Å². The molecule has 0 spiro atoms. The Kier molecular flexibility index (Phi) is 5.71. The molecule has 1 aliphatic heterocycles. The summed E-state index contributed by atoms with van der Waals surface area (Å²) >= 11 is 3.42. The van der Waals surface area contributed by atoms with Crippen molar-refractivity contribution in [2.75, 3.05) is 27.2 Å². The summed E-state index contributed by atoms with van der Waals surface area (Å²) in [4.78, 5) is 21.4. The van der Waals surface area contributed by atoms with Crippen LogP contribution in [0, 0.1) is 0 Å². The molecule has 0 bridgehead atoms. The Hall–Kier alpha value is -1.92. The monoisotopic (exact) mass is 403 g/mol. The van der Waals surface area contributed by atoms with Crippen molar-refractivity contribution < 1.29 is 9.53 Å². The summed E-state index contributed by atoms with van der Waals surface area (Å²) in [5.74, 6) is 0.932. The number of rotatable bonds is 4. The van der Waals surface area contributed by atoms with E-state index in [1.807, 2.05) is 36.2 Å². The third-order valence-corrected chi connectivity index (χ3v) is 5.06. The summed E-state index contributed by atoms with van der Waals surface area (Å²) in [7, 11) is 3.98. The van der Waals surface area contributed by atoms with E-state index < -0.39 is 0 Å². The van der Waals surface area contributed by atoms with E-state index in [1.165, 1.54) is 0 Å². The van der Waals surface area contributed by atoms with E-state index in [9.17, 15) is 4.79 Å². The number of hydrogen-bond donors (Lipinski definition) is 0. The summed E-state index contributed by atoms with van der Waals surface area (Å²) in [5, 5.41) is 0. The fraction of sp³-hybridized carbons (Fsp3) is 0.368. The molecule has 1 fully saturated rings. The number of piperidine rings is 1. The standard InChI is InChI=1S/C19H22BrN3O2/c1-22-11-8-15(9-12-22)23(2)19(24)17-7-4-10-21-18(17)25-16-6-3-5-14(20)13-16/h3-7,10,13,15H,8-9,11-12H2,1-2H3. The van der Waals surface area contributed by atoms with Gasteiger partial charge in [-0.1, -0.05) is 22.0 Å². The van der Waals surface area contributed by atoms with Crippen LogP contribution in [0.1, 0.15) is 23.2 Å². The van der Waals surface area contributed by atoms with Gasteiger partial charge in [0.15, 0.2) is 0 Å². The minimum absolute atomic E-state index is 0.0485. The molecule has 6 heteroatoms. The molecule has 0 saturated carbocycles. The van der Waals surface area contributed by atoms with E-state index in [2.05, 4.69) is 32.9 Å². The topological polar surface area (TPSA) is 45.7 Å². The first-order chi connectivity index (χ1) is 12.0. The Morgan fingerprint density at radius 1 is 1.28 bits per heavy atom. The molecule has 1 aromatic carbocycles. The fourth-order valence-corrected chi connectivity index (χ4v) is 3.39. The lowest BCUT2D eigenvalue weighted by molar-refractivity contribution is 0.0656. The zero-order valence-electron chi connectivity index (χ0n) is 14.5. The molecule has 0 atom stereocenters. The van der Waals surface area contributed by atoms with E-state index in [-0.39, 0.29) is 11.9 Å². The second-order valence-electron chi connectivity index (χ2n) is 6.37. The number of aromatic nitrogens is 1. The molecular formula is C19H22BrN3O2. The molecule has 0 N–H and O–H groups in total. The van der Waals surface area contributed by atoms with E-state index in [1.54, 1.807) is 18.3 Å². The van der Waals surface area contributed by atoms with Gasteiger partial charge in [0.1, 0.15) is 11.3 Å². The van der Waals surface area contributed by atoms with Crippen molar-refractivity contribution in [2.45, 2.75) is 18.9 Å². The number of ether oxygens (including phenoxy) is 1. The highest BCUT2D eigenvalue weighted by atomic mass is 79.9. The van der Waals surface area contributed by atoms with Gasteiger partial charge in [-0.2, -0.15) is 0 Å². The lowest BCUT2D eigenvalue weighted by atomic mass is 10.0. The molecule has 1 amide bonds. The van der Waals surface area contributed by atoms with Crippen molar-refractivity contribution in [1.82, 2.24) is 14.8 Å². The van der Waals surface area contributed by atoms with Crippen molar-refractivity contribution >= 4 is 21.8 Å². The molecule has 25 heavy (non-hydrogen) atoms. The van der Waals surface area contributed by atoms with Gasteiger partial charge >= 0.3 is 0 Å². The van der Waals surface area contributed by atoms with E-state index in [0.29, 0.717) is 17.2 Å². The molecule has 0 aliphatic carbocycles. The smallest absolute Gasteiger partial charge is 0.259 e. The first-order valence-corrected chi connectivity index (χ1v) is 9.18. The second kappa shape index (κ2) is 7.97. The van der Waals surface area contributed by atoms with Gasteiger partial charge in [-0.05, 0) is 63.3 Å². The zero-order chi connectivity index (χ0) is 17.8. The van der Waals surface area contributed by atoms with Crippen LogP contribution in [0.25, 0.3) is 0 Å². The predicted molar refractivity (Wildman–Crippen MR) is 101 cm³/mol. The Labute approximate surface area is 156 Å². The van der Waals surface area contributed by atoms with Gasteiger partial charge in [-0.25, -0.2) is 4.98 Å². The molecule has 1 saturated heterocycles. The van der Waals surface area contributed by atoms with Crippen molar-refractivity contribution in [3.8, 4) is 11.6 Å². The fourth-order valence-electron chi connectivity index (χ4n) is 3.02. The Balaban J connectivity index is 1.78. The van der Waals surface area contributed by atoms with E-state index in [0.717, 1.165) is 30.4 Å². The number of nitrogens with zero attached hydrogens (tertiary/aromatic N) is 3. The van der Waals surface area contributed by atoms with Crippen molar-refractivity contribution in [2.24, 2.45) is 0 Å². The highest BCUT2D eigenvalue weighted by Gasteiger charge is 2.26. The average Bonchev–Trinajstić information content (AvgIpc) is 2.62. The zero-order valence-corrected chi connectivity index (χ0v) is 16.1. The number of carbonyl (C=O) groups excluding carboxylic acids is 1. The van der Waals surface area contributed by atoms with Gasteiger partial charge in [-0.3, -0.25) is 4.79 Å². The maximum atomic E-state index is 13.0.